The molecule has 1 unspecified atom stereocenters. The number of nitrogens with one attached hydrogen (secondary N) is 1. The van der Waals surface area contributed by atoms with Crippen LogP contribution in [-0.2, 0) is 16.5 Å². The lowest BCUT2D eigenvalue weighted by molar-refractivity contribution is 0.307. The highest BCUT2D eigenvalue weighted by Crippen LogP contribution is 2.07. The highest BCUT2D eigenvalue weighted by molar-refractivity contribution is 6.76. The molecule has 6 nitrogen and oxygen atoms in total. The van der Waals surface area contributed by atoms with Crippen molar-refractivity contribution in [1.82, 2.24) is 9.55 Å². The van der Waals surface area contributed by atoms with Gasteiger partial charge in [0.15, 0.2) is 27.1 Å². The molecule has 0 rings (SSSR count). The Kier molecular flexibility index (Phi) is 18.8. The lowest BCUT2D eigenvalue weighted by Crippen LogP contribution is -2.50. The minimum atomic E-state index is -1.62. The van der Waals surface area contributed by atoms with Gasteiger partial charge in [-0.1, -0.05) is 20.8 Å². The fourth-order valence-corrected chi connectivity index (χ4v) is 16.3. The van der Waals surface area contributed by atoms with Crippen LogP contribution >= 0.6 is 0 Å². The van der Waals surface area contributed by atoms with Gasteiger partial charge in [-0.15, -0.1) is 0 Å². The van der Waals surface area contributed by atoms with E-state index in [-0.39, 0.29) is 0 Å². The molecular formula is C15H48N2O4Si6. The van der Waals surface area contributed by atoms with Gasteiger partial charge in [-0.05, 0) is 78.6 Å². The van der Waals surface area contributed by atoms with E-state index in [2.05, 4.69) is 82.7 Å². The second-order valence-corrected chi connectivity index (χ2v) is 24.8. The van der Waals surface area contributed by atoms with Crippen LogP contribution in [0.1, 0.15) is 20.8 Å². The first-order valence-corrected chi connectivity index (χ1v) is 25.0. The highest BCUT2D eigenvalue weighted by atomic mass is 28.4. The molecule has 0 aromatic heterocycles. The third-order valence-corrected chi connectivity index (χ3v) is 19.9. The molecule has 0 aliphatic rings. The fraction of sp³-hybridized carbons (Fsp3) is 1.00. The van der Waals surface area contributed by atoms with Gasteiger partial charge in [-0.2, -0.15) is 0 Å². The van der Waals surface area contributed by atoms with Crippen LogP contribution in [0, 0.1) is 0 Å². The van der Waals surface area contributed by atoms with E-state index in [1.54, 1.807) is 0 Å². The zero-order valence-electron chi connectivity index (χ0n) is 20.1. The van der Waals surface area contributed by atoms with Gasteiger partial charge in [0.25, 0.3) is 8.48 Å². The maximum absolute atomic E-state index is 6.03. The van der Waals surface area contributed by atoms with E-state index in [0.29, 0.717) is 0 Å². The van der Waals surface area contributed by atoms with Gasteiger partial charge in [0.2, 0.25) is 0 Å². The van der Waals surface area contributed by atoms with Crippen LogP contribution in [0.2, 0.25) is 58.4 Å². The van der Waals surface area contributed by atoms with Gasteiger partial charge in [0, 0.05) is 0 Å². The third kappa shape index (κ3) is 17.6. The van der Waals surface area contributed by atoms with E-state index in [1.165, 1.54) is 0 Å². The molecule has 0 heterocycles. The number of nitrogens with zero attached hydrogens (tertiary/aromatic N) is 1. The van der Waals surface area contributed by atoms with E-state index in [0.717, 1.165) is 19.1 Å². The van der Waals surface area contributed by atoms with Crippen LogP contribution in [0.15, 0.2) is 0 Å². The molecule has 0 aliphatic carbocycles. The van der Waals surface area contributed by atoms with Crippen molar-refractivity contribution in [2.75, 3.05) is 20.1 Å². The van der Waals surface area contributed by atoms with Gasteiger partial charge in [-0.25, -0.2) is 0 Å². The maximum atomic E-state index is 6.03. The average Bonchev–Trinajstić information content (AvgIpc) is 2.54. The molecule has 0 saturated heterocycles. The first kappa shape index (κ1) is 30.3. The lowest BCUT2D eigenvalue weighted by Gasteiger charge is -2.30. The second kappa shape index (κ2) is 16.8. The number of hydrogen-bond donors (Lipinski definition) is 1. The molecule has 0 saturated carbocycles. The highest BCUT2D eigenvalue weighted by Gasteiger charge is 2.26. The van der Waals surface area contributed by atoms with Crippen molar-refractivity contribution in [3.05, 3.63) is 0 Å². The molecular weight excluding hydrogens is 441 g/mol. The standard InChI is InChI=1S/C8H25NO2Si3.C7H23NO2Si3/c1-7-9(8-2)14(10-12(3)4)11-13(5)6;1-7-12(9-11(3)4)10-13(5,6)8-2/h12-14H,7-8H2,1-6H3;8,11-12H,7H2,1-6H3. The van der Waals surface area contributed by atoms with Crippen molar-refractivity contribution < 1.29 is 16.5 Å². The summed E-state index contributed by atoms with van der Waals surface area (Å²) >= 11 is 0. The Morgan fingerprint density at radius 2 is 1.19 bits per heavy atom. The molecule has 0 radical (unpaired) electrons. The van der Waals surface area contributed by atoms with Crippen molar-refractivity contribution >= 4 is 54.3 Å². The second-order valence-electron chi connectivity index (χ2n) is 7.80. The summed E-state index contributed by atoms with van der Waals surface area (Å²) in [5.74, 6) is 0. The molecule has 0 fully saturated rings. The molecule has 27 heavy (non-hydrogen) atoms. The Bertz CT molecular complexity index is 340. The first-order chi connectivity index (χ1) is 12.4. The molecule has 0 aromatic carbocycles. The summed E-state index contributed by atoms with van der Waals surface area (Å²) in [7, 11) is -5.33. The Labute approximate surface area is 179 Å². The first-order valence-electron chi connectivity index (χ1n) is 10.5. The summed E-state index contributed by atoms with van der Waals surface area (Å²) in [6.07, 6.45) is 0. The summed E-state index contributed by atoms with van der Waals surface area (Å²) in [5.41, 5.74) is 0. The monoisotopic (exact) mass is 488 g/mol. The van der Waals surface area contributed by atoms with Crippen LogP contribution < -0.4 is 4.98 Å². The summed E-state index contributed by atoms with van der Waals surface area (Å²) in [4.78, 5) is 3.27. The van der Waals surface area contributed by atoms with Gasteiger partial charge < -0.3 is 21.4 Å². The molecule has 166 valence electrons. The van der Waals surface area contributed by atoms with E-state index < -0.39 is 54.3 Å². The molecule has 0 bridgehead atoms. The van der Waals surface area contributed by atoms with Crippen LogP contribution in [0.4, 0.5) is 0 Å². The molecule has 1 atom stereocenters. The fourth-order valence-electron chi connectivity index (χ4n) is 2.09. The van der Waals surface area contributed by atoms with E-state index in [9.17, 15) is 0 Å². The van der Waals surface area contributed by atoms with E-state index in [1.807, 2.05) is 7.05 Å². The predicted octanol–water partition coefficient (Wildman–Crippen LogP) is 2.21. The number of hydrogen-bond acceptors (Lipinski definition) is 6. The molecule has 0 aliphatic heterocycles. The normalized spacial score (nSPS) is 13.7. The van der Waals surface area contributed by atoms with E-state index in [4.69, 9.17) is 16.5 Å². The molecule has 0 spiro atoms. The smallest absolute Gasteiger partial charge is 0.389 e. The van der Waals surface area contributed by atoms with E-state index >= 15 is 0 Å². The minimum absolute atomic E-state index is 0.915. The molecule has 0 amide bonds. The molecule has 1 N–H and O–H groups in total. The molecule has 0 aromatic rings. The Morgan fingerprint density at radius 3 is 1.44 bits per heavy atom. The summed E-state index contributed by atoms with van der Waals surface area (Å²) in [6, 6.07) is 1.07. The summed E-state index contributed by atoms with van der Waals surface area (Å²) in [5, 5.41) is 0. The Hall–Kier alpha value is 1.06. The van der Waals surface area contributed by atoms with Crippen molar-refractivity contribution in [2.24, 2.45) is 0 Å². The molecule has 12 heteroatoms. The van der Waals surface area contributed by atoms with Gasteiger partial charge in [0.05, 0.1) is 0 Å². The van der Waals surface area contributed by atoms with Crippen LogP contribution in [0.5, 0.6) is 0 Å². The van der Waals surface area contributed by atoms with Crippen molar-refractivity contribution in [3.8, 4) is 0 Å². The lowest BCUT2D eigenvalue weighted by atomic mass is 10.7. The van der Waals surface area contributed by atoms with Crippen LogP contribution in [0.3, 0.4) is 0 Å². The van der Waals surface area contributed by atoms with Gasteiger partial charge in [-0.3, -0.25) is 4.57 Å². The number of rotatable bonds is 13. The third-order valence-electron chi connectivity index (χ3n) is 3.67. The topological polar surface area (TPSA) is 52.2 Å². The Balaban J connectivity index is 0. The van der Waals surface area contributed by atoms with Gasteiger partial charge >= 0.3 is 18.7 Å². The van der Waals surface area contributed by atoms with Crippen molar-refractivity contribution in [3.63, 3.8) is 0 Å². The summed E-state index contributed by atoms with van der Waals surface area (Å²) in [6.45, 7) is 26.2. The van der Waals surface area contributed by atoms with Crippen molar-refractivity contribution in [2.45, 2.75) is 79.2 Å². The van der Waals surface area contributed by atoms with Crippen LogP contribution in [0.25, 0.3) is 0 Å². The summed E-state index contributed by atoms with van der Waals surface area (Å²) < 4.78 is 26.3. The zero-order valence-corrected chi connectivity index (χ0v) is 26.9. The Morgan fingerprint density at radius 1 is 0.778 bits per heavy atom. The SMILES string of the molecule is CCN(CC)[SiH](O[SiH](C)C)O[SiH](C)C.CC[SiH](O[SiH](C)C)O[Si](C)(C)NC. The quantitative estimate of drug-likeness (QED) is 0.401. The van der Waals surface area contributed by atoms with Crippen molar-refractivity contribution in [1.29, 1.82) is 0 Å². The zero-order chi connectivity index (χ0) is 21.6. The maximum Gasteiger partial charge on any atom is 0.389 e. The minimum Gasteiger partial charge on any atom is -0.441 e. The predicted molar refractivity (Wildman–Crippen MR) is 135 cm³/mol. The largest absolute Gasteiger partial charge is 0.441 e. The average molecular weight is 489 g/mol. The van der Waals surface area contributed by atoms with Crippen LogP contribution in [-0.4, -0.2) is 79.0 Å². The van der Waals surface area contributed by atoms with Gasteiger partial charge in [0.1, 0.15) is 0 Å².